The molecule has 1 atom stereocenters. The second-order valence-electron chi connectivity index (χ2n) is 6.98. The van der Waals surface area contributed by atoms with Crippen LogP contribution in [0.3, 0.4) is 0 Å². The Kier molecular flexibility index (Phi) is 5.96. The number of hydrogen-bond acceptors (Lipinski definition) is 4. The first kappa shape index (κ1) is 20.5. The molecular formula is C22H22F2N2O3. The molecule has 0 saturated carbocycles. The summed E-state index contributed by atoms with van der Waals surface area (Å²) in [6, 6.07) is 8.79. The van der Waals surface area contributed by atoms with Gasteiger partial charge in [-0.2, -0.15) is 0 Å². The fourth-order valence-electron chi connectivity index (χ4n) is 3.14. The van der Waals surface area contributed by atoms with Crippen LogP contribution in [0.2, 0.25) is 0 Å². The van der Waals surface area contributed by atoms with Crippen molar-refractivity contribution in [2.45, 2.75) is 40.3 Å². The van der Waals surface area contributed by atoms with E-state index < -0.39 is 17.5 Å². The fraction of sp³-hybridized carbons (Fsp3) is 0.273. The van der Waals surface area contributed by atoms with Gasteiger partial charge in [0, 0.05) is 6.07 Å². The largest absolute Gasteiger partial charge is 0.486 e. The zero-order valence-corrected chi connectivity index (χ0v) is 16.7. The van der Waals surface area contributed by atoms with Gasteiger partial charge >= 0.3 is 0 Å². The summed E-state index contributed by atoms with van der Waals surface area (Å²) in [6.07, 6.45) is 0. The molecule has 0 aliphatic rings. The maximum absolute atomic E-state index is 13.8. The Morgan fingerprint density at radius 3 is 2.62 bits per heavy atom. The monoisotopic (exact) mass is 400 g/mol. The number of aryl methyl sites for hydroxylation is 3. The Morgan fingerprint density at radius 1 is 1.17 bits per heavy atom. The number of amides is 1. The minimum atomic E-state index is -0.825. The van der Waals surface area contributed by atoms with E-state index in [0.29, 0.717) is 11.3 Å². The molecule has 1 heterocycles. The van der Waals surface area contributed by atoms with Gasteiger partial charge in [0.1, 0.15) is 18.2 Å². The van der Waals surface area contributed by atoms with Gasteiger partial charge in [0.25, 0.3) is 5.91 Å². The molecule has 29 heavy (non-hydrogen) atoms. The highest BCUT2D eigenvalue weighted by molar-refractivity contribution is 5.94. The van der Waals surface area contributed by atoms with Crippen molar-refractivity contribution in [2.24, 2.45) is 0 Å². The number of benzene rings is 2. The van der Waals surface area contributed by atoms with E-state index in [1.54, 1.807) is 6.92 Å². The van der Waals surface area contributed by atoms with Gasteiger partial charge in [-0.15, -0.1) is 0 Å². The van der Waals surface area contributed by atoms with Crippen molar-refractivity contribution >= 4 is 5.91 Å². The van der Waals surface area contributed by atoms with E-state index in [0.717, 1.165) is 28.8 Å². The van der Waals surface area contributed by atoms with Crippen LogP contribution in [0.5, 0.6) is 5.75 Å². The zero-order valence-electron chi connectivity index (χ0n) is 16.7. The van der Waals surface area contributed by atoms with E-state index in [-0.39, 0.29) is 24.1 Å². The number of rotatable bonds is 6. The molecule has 1 amide bonds. The van der Waals surface area contributed by atoms with Gasteiger partial charge in [0.2, 0.25) is 0 Å². The van der Waals surface area contributed by atoms with Gasteiger partial charge in [-0.05, 0) is 51.0 Å². The Balaban J connectivity index is 1.74. The van der Waals surface area contributed by atoms with Gasteiger partial charge in [-0.3, -0.25) is 4.79 Å². The van der Waals surface area contributed by atoms with Crippen LogP contribution in [-0.2, 0) is 6.61 Å². The standard InChI is InChI=1S/C22H22F2N2O3/c1-12-5-7-17(13(2)9-12)14(3)25-22(27)21-18(15(4)29-26-21)11-28-20-8-6-16(23)10-19(20)24/h5-10,14H,11H2,1-4H3,(H,25,27). The molecule has 7 heteroatoms. The second-order valence-corrected chi connectivity index (χ2v) is 6.98. The number of carbonyl (C=O) groups is 1. The lowest BCUT2D eigenvalue weighted by Gasteiger charge is -2.17. The molecule has 0 fully saturated rings. The number of carbonyl (C=O) groups excluding carboxylic acids is 1. The third-order valence-corrected chi connectivity index (χ3v) is 4.71. The van der Waals surface area contributed by atoms with Gasteiger partial charge in [-0.25, -0.2) is 8.78 Å². The van der Waals surface area contributed by atoms with Crippen molar-refractivity contribution in [2.75, 3.05) is 0 Å². The molecule has 3 rings (SSSR count). The predicted octanol–water partition coefficient (Wildman–Crippen LogP) is 4.95. The van der Waals surface area contributed by atoms with E-state index in [1.807, 2.05) is 32.9 Å². The first-order valence-electron chi connectivity index (χ1n) is 9.17. The van der Waals surface area contributed by atoms with Gasteiger partial charge in [0.15, 0.2) is 17.3 Å². The SMILES string of the molecule is Cc1ccc(C(C)NC(=O)c2noc(C)c2COc2ccc(F)cc2F)c(C)c1. The van der Waals surface area contributed by atoms with Crippen molar-refractivity contribution in [3.05, 3.63) is 81.7 Å². The lowest BCUT2D eigenvalue weighted by Crippen LogP contribution is -2.28. The molecule has 1 aromatic heterocycles. The summed E-state index contributed by atoms with van der Waals surface area (Å²) in [5.41, 5.74) is 3.69. The summed E-state index contributed by atoms with van der Waals surface area (Å²) in [6.45, 7) is 7.37. The lowest BCUT2D eigenvalue weighted by atomic mass is 10.00. The summed E-state index contributed by atoms with van der Waals surface area (Å²) >= 11 is 0. The van der Waals surface area contributed by atoms with Gasteiger partial charge in [-0.1, -0.05) is 28.9 Å². The summed E-state index contributed by atoms with van der Waals surface area (Å²) < 4.78 is 37.4. The molecule has 1 unspecified atom stereocenters. The van der Waals surface area contributed by atoms with E-state index in [2.05, 4.69) is 16.5 Å². The van der Waals surface area contributed by atoms with Crippen LogP contribution in [-0.4, -0.2) is 11.1 Å². The van der Waals surface area contributed by atoms with Crippen molar-refractivity contribution in [3.63, 3.8) is 0 Å². The van der Waals surface area contributed by atoms with Crippen molar-refractivity contribution < 1.29 is 22.8 Å². The molecule has 2 aromatic carbocycles. The highest BCUT2D eigenvalue weighted by Crippen LogP contribution is 2.23. The smallest absolute Gasteiger partial charge is 0.274 e. The Labute approximate surface area is 167 Å². The quantitative estimate of drug-likeness (QED) is 0.636. The van der Waals surface area contributed by atoms with Gasteiger partial charge < -0.3 is 14.6 Å². The molecule has 0 aliphatic carbocycles. The molecule has 5 nitrogen and oxygen atoms in total. The van der Waals surface area contributed by atoms with Crippen LogP contribution < -0.4 is 10.1 Å². The molecule has 0 aliphatic heterocycles. The first-order chi connectivity index (χ1) is 13.8. The number of nitrogens with zero attached hydrogens (tertiary/aromatic N) is 1. The minimum Gasteiger partial charge on any atom is -0.486 e. The number of halogens is 2. The second kappa shape index (κ2) is 8.43. The van der Waals surface area contributed by atoms with Crippen LogP contribution in [0, 0.1) is 32.4 Å². The average molecular weight is 400 g/mol. The molecule has 152 valence electrons. The summed E-state index contributed by atoms with van der Waals surface area (Å²) in [5, 5.41) is 6.73. The van der Waals surface area contributed by atoms with Gasteiger partial charge in [0.05, 0.1) is 11.6 Å². The van der Waals surface area contributed by atoms with E-state index >= 15 is 0 Å². The maximum Gasteiger partial charge on any atom is 0.274 e. The highest BCUT2D eigenvalue weighted by Gasteiger charge is 2.23. The van der Waals surface area contributed by atoms with Crippen molar-refractivity contribution in [1.82, 2.24) is 10.5 Å². The summed E-state index contributed by atoms with van der Waals surface area (Å²) in [7, 11) is 0. The molecule has 0 radical (unpaired) electrons. The number of ether oxygens (including phenoxy) is 1. The highest BCUT2D eigenvalue weighted by atomic mass is 19.1. The number of aromatic nitrogens is 1. The van der Waals surface area contributed by atoms with E-state index in [1.165, 1.54) is 6.07 Å². The van der Waals surface area contributed by atoms with Crippen LogP contribution in [0.4, 0.5) is 8.78 Å². The van der Waals surface area contributed by atoms with Crippen LogP contribution in [0.1, 0.15) is 51.5 Å². The Bertz CT molecular complexity index is 1050. The topological polar surface area (TPSA) is 64.4 Å². The van der Waals surface area contributed by atoms with Crippen molar-refractivity contribution in [1.29, 1.82) is 0 Å². The normalized spacial score (nSPS) is 11.9. The fourth-order valence-corrected chi connectivity index (χ4v) is 3.14. The predicted molar refractivity (Wildman–Crippen MR) is 104 cm³/mol. The average Bonchev–Trinajstić information content (AvgIpc) is 3.01. The molecular weight excluding hydrogens is 378 g/mol. The zero-order chi connectivity index (χ0) is 21.1. The molecule has 0 bridgehead atoms. The maximum atomic E-state index is 13.8. The molecule has 1 N–H and O–H groups in total. The molecule has 0 saturated heterocycles. The van der Waals surface area contributed by atoms with Crippen LogP contribution >= 0.6 is 0 Å². The van der Waals surface area contributed by atoms with Crippen LogP contribution in [0.15, 0.2) is 40.9 Å². The minimum absolute atomic E-state index is 0.0710. The van der Waals surface area contributed by atoms with Crippen molar-refractivity contribution in [3.8, 4) is 5.75 Å². The van der Waals surface area contributed by atoms with E-state index in [9.17, 15) is 13.6 Å². The summed E-state index contributed by atoms with van der Waals surface area (Å²) in [5.74, 6) is -1.68. The van der Waals surface area contributed by atoms with Crippen LogP contribution in [0.25, 0.3) is 0 Å². The third-order valence-electron chi connectivity index (χ3n) is 4.71. The summed E-state index contributed by atoms with van der Waals surface area (Å²) in [4.78, 5) is 12.8. The van der Waals surface area contributed by atoms with E-state index in [4.69, 9.17) is 9.26 Å². The molecule has 0 spiro atoms. The lowest BCUT2D eigenvalue weighted by molar-refractivity contribution is 0.0928. The first-order valence-corrected chi connectivity index (χ1v) is 9.17. The Morgan fingerprint density at radius 2 is 1.93 bits per heavy atom. The third kappa shape index (κ3) is 4.62. The Hall–Kier alpha value is -3.22. The number of hydrogen-bond donors (Lipinski definition) is 1. The number of nitrogens with one attached hydrogen (secondary N) is 1. The molecule has 3 aromatic rings.